The van der Waals surface area contributed by atoms with Crippen LogP contribution >= 0.6 is 34.2 Å². The summed E-state index contributed by atoms with van der Waals surface area (Å²) in [5, 5.41) is 0.144. The highest BCUT2D eigenvalue weighted by Crippen LogP contribution is 2.29. The Bertz CT molecular complexity index is 451. The second-order valence-corrected chi connectivity index (χ2v) is 5.99. The molecule has 0 spiro atoms. The van der Waals surface area contributed by atoms with Crippen molar-refractivity contribution in [1.82, 2.24) is 9.97 Å². The monoisotopic (exact) mass is 367 g/mol. The fraction of sp³-hybridized carbons (Fsp3) is 0.636. The molecule has 2 rings (SSSR count). The van der Waals surface area contributed by atoms with Gasteiger partial charge in [0.15, 0.2) is 0 Å². The molecule has 1 aliphatic rings. The molecule has 0 radical (unpaired) electrons. The summed E-state index contributed by atoms with van der Waals surface area (Å²) >= 11 is 8.39. The smallest absolute Gasteiger partial charge is 0.266 e. The summed E-state index contributed by atoms with van der Waals surface area (Å²) in [6.07, 6.45) is 5.93. The second kappa shape index (κ2) is 5.56. The minimum Gasteiger partial charge on any atom is -0.354 e. The van der Waals surface area contributed by atoms with E-state index < -0.39 is 0 Å². The van der Waals surface area contributed by atoms with E-state index >= 15 is 0 Å². The third kappa shape index (κ3) is 2.76. The Balaban J connectivity index is 2.26. The molecule has 94 valence electrons. The first-order valence-corrected chi connectivity index (χ1v) is 7.23. The van der Waals surface area contributed by atoms with Crippen LogP contribution in [0.3, 0.4) is 0 Å². The van der Waals surface area contributed by atoms with Gasteiger partial charge in [0.1, 0.15) is 9.39 Å². The van der Waals surface area contributed by atoms with E-state index in [1.807, 2.05) is 34.5 Å². The van der Waals surface area contributed by atoms with Gasteiger partial charge in [-0.15, -0.1) is 11.6 Å². The van der Waals surface area contributed by atoms with E-state index in [0.29, 0.717) is 3.57 Å². The molecule has 2 unspecified atom stereocenters. The summed E-state index contributed by atoms with van der Waals surface area (Å²) < 4.78 is 0.627. The van der Waals surface area contributed by atoms with Crippen molar-refractivity contribution in [2.45, 2.75) is 37.1 Å². The Labute approximate surface area is 119 Å². The van der Waals surface area contributed by atoms with E-state index in [4.69, 9.17) is 11.6 Å². The van der Waals surface area contributed by atoms with Crippen LogP contribution in [0.4, 0.5) is 5.82 Å². The lowest BCUT2D eigenvalue weighted by atomic mass is 9.94. The molecule has 6 heteroatoms. The van der Waals surface area contributed by atoms with E-state index in [2.05, 4.69) is 9.97 Å². The standard InChI is InChI=1S/C11H15ClIN3O/c1-16(8-5-3-2-4-7(8)12)10-9(13)11(17)15-6-14-10/h6-8H,2-5H2,1H3,(H,14,15,17). The van der Waals surface area contributed by atoms with Gasteiger partial charge in [0, 0.05) is 13.1 Å². The van der Waals surface area contributed by atoms with Crippen LogP contribution in [0.15, 0.2) is 11.1 Å². The van der Waals surface area contributed by atoms with Crippen molar-refractivity contribution in [2.75, 3.05) is 11.9 Å². The number of rotatable bonds is 2. The lowest BCUT2D eigenvalue weighted by Gasteiger charge is -2.35. The molecule has 1 N–H and O–H groups in total. The zero-order valence-corrected chi connectivity index (χ0v) is 12.5. The molecule has 1 saturated carbocycles. The molecule has 1 heterocycles. The highest BCUT2D eigenvalue weighted by atomic mass is 127. The number of hydrogen-bond acceptors (Lipinski definition) is 3. The first-order chi connectivity index (χ1) is 8.11. The van der Waals surface area contributed by atoms with Gasteiger partial charge < -0.3 is 9.88 Å². The van der Waals surface area contributed by atoms with Crippen LogP contribution in [-0.2, 0) is 0 Å². The van der Waals surface area contributed by atoms with Gasteiger partial charge in [0.2, 0.25) is 0 Å². The van der Waals surface area contributed by atoms with Crippen molar-refractivity contribution >= 4 is 40.0 Å². The van der Waals surface area contributed by atoms with Crippen molar-refractivity contribution < 1.29 is 0 Å². The summed E-state index contributed by atoms with van der Waals surface area (Å²) in [7, 11) is 1.97. The molecule has 0 aromatic carbocycles. The van der Waals surface area contributed by atoms with Crippen molar-refractivity contribution in [3.05, 3.63) is 20.3 Å². The maximum absolute atomic E-state index is 11.5. The molecule has 0 saturated heterocycles. The van der Waals surface area contributed by atoms with Crippen LogP contribution in [0, 0.1) is 3.57 Å². The molecule has 0 aliphatic heterocycles. The first kappa shape index (κ1) is 13.1. The number of H-pyrrole nitrogens is 1. The molecular formula is C11H15ClIN3O. The van der Waals surface area contributed by atoms with Crippen LogP contribution in [0.5, 0.6) is 0 Å². The van der Waals surface area contributed by atoms with Crippen LogP contribution in [0.25, 0.3) is 0 Å². The molecule has 1 fully saturated rings. The Morgan fingerprint density at radius 1 is 1.53 bits per heavy atom. The summed E-state index contributed by atoms with van der Waals surface area (Å²) in [6.45, 7) is 0. The third-order valence-corrected chi connectivity index (χ3v) is 4.74. The summed E-state index contributed by atoms with van der Waals surface area (Å²) in [4.78, 5) is 20.4. The second-order valence-electron chi connectivity index (χ2n) is 4.35. The minimum atomic E-state index is -0.0932. The third-order valence-electron chi connectivity index (χ3n) is 3.26. The largest absolute Gasteiger partial charge is 0.354 e. The number of halogens is 2. The number of nitrogens with zero attached hydrogens (tertiary/aromatic N) is 2. The Morgan fingerprint density at radius 3 is 2.94 bits per heavy atom. The summed E-state index contributed by atoms with van der Waals surface area (Å²) in [5.74, 6) is 0.729. The van der Waals surface area contributed by atoms with Gasteiger partial charge in [-0.2, -0.15) is 0 Å². The SMILES string of the molecule is CN(c1nc[nH]c(=O)c1I)C1CCCCC1Cl. The quantitative estimate of drug-likeness (QED) is 0.645. The van der Waals surface area contributed by atoms with Gasteiger partial charge in [0.05, 0.1) is 11.7 Å². The van der Waals surface area contributed by atoms with Crippen LogP contribution in [0.1, 0.15) is 25.7 Å². The molecule has 0 bridgehead atoms. The van der Waals surface area contributed by atoms with Gasteiger partial charge in [0.25, 0.3) is 5.56 Å². The highest BCUT2D eigenvalue weighted by molar-refractivity contribution is 14.1. The lowest BCUT2D eigenvalue weighted by Crippen LogP contribution is -2.42. The Morgan fingerprint density at radius 2 is 2.24 bits per heavy atom. The number of alkyl halides is 1. The molecule has 2 atom stereocenters. The molecule has 1 aliphatic carbocycles. The van der Waals surface area contributed by atoms with E-state index in [-0.39, 0.29) is 17.0 Å². The lowest BCUT2D eigenvalue weighted by molar-refractivity contribution is 0.432. The number of anilines is 1. The van der Waals surface area contributed by atoms with Crippen molar-refractivity contribution in [2.24, 2.45) is 0 Å². The maximum Gasteiger partial charge on any atom is 0.266 e. The Hall–Kier alpha value is -0.300. The fourth-order valence-electron chi connectivity index (χ4n) is 2.28. The normalized spacial score (nSPS) is 24.6. The Kier molecular flexibility index (Phi) is 4.30. The van der Waals surface area contributed by atoms with Gasteiger partial charge >= 0.3 is 0 Å². The van der Waals surface area contributed by atoms with Crippen molar-refractivity contribution in [3.63, 3.8) is 0 Å². The number of hydrogen-bond donors (Lipinski definition) is 1. The van der Waals surface area contributed by atoms with Gasteiger partial charge in [-0.25, -0.2) is 4.98 Å². The van der Waals surface area contributed by atoms with Gasteiger partial charge in [-0.1, -0.05) is 12.8 Å². The van der Waals surface area contributed by atoms with Gasteiger partial charge in [-0.3, -0.25) is 4.79 Å². The number of nitrogens with one attached hydrogen (secondary N) is 1. The zero-order chi connectivity index (χ0) is 12.4. The maximum atomic E-state index is 11.5. The van der Waals surface area contributed by atoms with Crippen LogP contribution in [-0.4, -0.2) is 28.4 Å². The predicted octanol–water partition coefficient (Wildman–Crippen LogP) is 2.36. The summed E-state index contributed by atoms with van der Waals surface area (Å²) in [5.41, 5.74) is -0.0932. The topological polar surface area (TPSA) is 49.0 Å². The average Bonchev–Trinajstić information content (AvgIpc) is 2.32. The van der Waals surface area contributed by atoms with E-state index in [9.17, 15) is 4.79 Å². The molecule has 4 nitrogen and oxygen atoms in total. The molecular weight excluding hydrogens is 352 g/mol. The number of aromatic amines is 1. The molecule has 1 aromatic heterocycles. The first-order valence-electron chi connectivity index (χ1n) is 5.71. The van der Waals surface area contributed by atoms with Crippen LogP contribution in [0.2, 0.25) is 0 Å². The van der Waals surface area contributed by atoms with E-state index in [0.717, 1.165) is 18.7 Å². The predicted molar refractivity (Wildman–Crippen MR) is 77.9 cm³/mol. The van der Waals surface area contributed by atoms with Crippen LogP contribution < -0.4 is 10.5 Å². The fourth-order valence-corrected chi connectivity index (χ4v) is 3.40. The molecule has 1 aromatic rings. The minimum absolute atomic E-state index is 0.0932. The van der Waals surface area contributed by atoms with Crippen molar-refractivity contribution in [1.29, 1.82) is 0 Å². The van der Waals surface area contributed by atoms with E-state index in [1.54, 1.807) is 0 Å². The zero-order valence-electron chi connectivity index (χ0n) is 9.62. The van der Waals surface area contributed by atoms with Crippen molar-refractivity contribution in [3.8, 4) is 0 Å². The molecule has 17 heavy (non-hydrogen) atoms. The summed E-state index contributed by atoms with van der Waals surface area (Å²) in [6, 6.07) is 0.272. The highest BCUT2D eigenvalue weighted by Gasteiger charge is 2.28. The number of aromatic nitrogens is 2. The average molecular weight is 368 g/mol. The molecule has 0 amide bonds. The van der Waals surface area contributed by atoms with Gasteiger partial charge in [-0.05, 0) is 35.4 Å². The van der Waals surface area contributed by atoms with E-state index in [1.165, 1.54) is 19.2 Å².